The summed E-state index contributed by atoms with van der Waals surface area (Å²) in [6, 6.07) is 10.0. The first-order valence-electron chi connectivity index (χ1n) is 7.54. The van der Waals surface area contributed by atoms with Gasteiger partial charge in [0.2, 0.25) is 5.95 Å². The third-order valence-corrected chi connectivity index (χ3v) is 4.95. The summed E-state index contributed by atoms with van der Waals surface area (Å²) in [5.74, 6) is 2.24. The van der Waals surface area contributed by atoms with E-state index in [4.69, 9.17) is 4.52 Å². The summed E-state index contributed by atoms with van der Waals surface area (Å²) in [5, 5.41) is 8.22. The molecule has 0 spiro atoms. The van der Waals surface area contributed by atoms with Crippen LogP contribution in [0.1, 0.15) is 12.7 Å². The average molecular weight is 358 g/mol. The molecule has 0 saturated carbocycles. The number of benzene rings is 1. The van der Waals surface area contributed by atoms with E-state index in [0.29, 0.717) is 5.95 Å². The molecular weight excluding hydrogens is 340 g/mol. The van der Waals surface area contributed by atoms with Gasteiger partial charge in [-0.25, -0.2) is 9.97 Å². The molecule has 0 fully saturated rings. The summed E-state index contributed by atoms with van der Waals surface area (Å²) in [6.07, 6.45) is 3.80. The number of thioether (sulfide) groups is 2. The van der Waals surface area contributed by atoms with Gasteiger partial charge in [-0.1, -0.05) is 12.1 Å². The Labute approximate surface area is 149 Å². The van der Waals surface area contributed by atoms with Crippen molar-refractivity contribution in [3.63, 3.8) is 0 Å². The van der Waals surface area contributed by atoms with Crippen molar-refractivity contribution in [2.45, 2.75) is 23.8 Å². The number of hydrogen-bond acceptors (Lipinski definition) is 7. The third-order valence-electron chi connectivity index (χ3n) is 3.37. The normalized spacial score (nSPS) is 10.8. The molecule has 0 bridgehead atoms. The average Bonchev–Trinajstić information content (AvgIpc) is 2.97. The highest BCUT2D eigenvalue weighted by atomic mass is 32.2. The SMILES string of the molecule is CCSc1noc(C)c1-c1ccnc(Nc2ccc(SC)cc2)n1. The largest absolute Gasteiger partial charge is 0.360 e. The van der Waals surface area contributed by atoms with Gasteiger partial charge in [-0.3, -0.25) is 0 Å². The van der Waals surface area contributed by atoms with Gasteiger partial charge in [0.05, 0.1) is 11.3 Å². The van der Waals surface area contributed by atoms with E-state index in [0.717, 1.165) is 33.5 Å². The Morgan fingerprint density at radius 2 is 1.96 bits per heavy atom. The Morgan fingerprint density at radius 3 is 2.67 bits per heavy atom. The molecule has 0 aliphatic rings. The lowest BCUT2D eigenvalue weighted by atomic mass is 10.2. The number of nitrogens with zero attached hydrogens (tertiary/aromatic N) is 3. The van der Waals surface area contributed by atoms with Crippen molar-refractivity contribution in [2.24, 2.45) is 0 Å². The molecule has 0 amide bonds. The zero-order valence-electron chi connectivity index (χ0n) is 13.7. The number of nitrogens with one attached hydrogen (secondary N) is 1. The zero-order valence-corrected chi connectivity index (χ0v) is 15.4. The molecule has 0 unspecified atom stereocenters. The monoisotopic (exact) mass is 358 g/mol. The van der Waals surface area contributed by atoms with E-state index in [1.807, 2.05) is 25.1 Å². The van der Waals surface area contributed by atoms with Crippen LogP contribution in [-0.4, -0.2) is 27.1 Å². The molecule has 2 heterocycles. The van der Waals surface area contributed by atoms with E-state index >= 15 is 0 Å². The van der Waals surface area contributed by atoms with E-state index in [2.05, 4.69) is 45.8 Å². The molecule has 2 aromatic heterocycles. The van der Waals surface area contributed by atoms with Gasteiger partial charge >= 0.3 is 0 Å². The Kier molecular flexibility index (Phi) is 5.42. The minimum Gasteiger partial charge on any atom is -0.360 e. The molecular formula is C17H18N4OS2. The van der Waals surface area contributed by atoms with Gasteiger partial charge in [-0.05, 0) is 49.3 Å². The molecule has 1 N–H and O–H groups in total. The third kappa shape index (κ3) is 3.73. The van der Waals surface area contributed by atoms with Crippen molar-refractivity contribution in [3.05, 3.63) is 42.3 Å². The maximum Gasteiger partial charge on any atom is 0.227 e. The van der Waals surface area contributed by atoms with Crippen molar-refractivity contribution in [1.29, 1.82) is 0 Å². The maximum absolute atomic E-state index is 5.33. The van der Waals surface area contributed by atoms with Crippen LogP contribution in [0.5, 0.6) is 0 Å². The summed E-state index contributed by atoms with van der Waals surface area (Å²) < 4.78 is 5.33. The fourth-order valence-corrected chi connectivity index (χ4v) is 3.40. The van der Waals surface area contributed by atoms with Crippen molar-refractivity contribution in [3.8, 4) is 11.3 Å². The highest BCUT2D eigenvalue weighted by molar-refractivity contribution is 7.99. The predicted molar refractivity (Wildman–Crippen MR) is 100 cm³/mol. The molecule has 1 aromatic carbocycles. The highest BCUT2D eigenvalue weighted by Crippen LogP contribution is 2.32. The lowest BCUT2D eigenvalue weighted by Crippen LogP contribution is -1.98. The number of anilines is 2. The Bertz CT molecular complexity index is 818. The van der Waals surface area contributed by atoms with E-state index in [1.165, 1.54) is 4.90 Å². The first-order valence-corrected chi connectivity index (χ1v) is 9.76. The van der Waals surface area contributed by atoms with Crippen molar-refractivity contribution < 1.29 is 4.52 Å². The Hall–Kier alpha value is -1.99. The molecule has 0 radical (unpaired) electrons. The molecule has 7 heteroatoms. The second kappa shape index (κ2) is 7.72. The summed E-state index contributed by atoms with van der Waals surface area (Å²) in [4.78, 5) is 10.1. The Balaban J connectivity index is 1.87. The summed E-state index contributed by atoms with van der Waals surface area (Å²) in [6.45, 7) is 3.99. The van der Waals surface area contributed by atoms with Crippen LogP contribution in [0, 0.1) is 6.92 Å². The smallest absolute Gasteiger partial charge is 0.227 e. The van der Waals surface area contributed by atoms with Gasteiger partial charge < -0.3 is 9.84 Å². The molecule has 5 nitrogen and oxygen atoms in total. The van der Waals surface area contributed by atoms with Crippen LogP contribution < -0.4 is 5.32 Å². The number of aromatic nitrogens is 3. The summed E-state index contributed by atoms with van der Waals surface area (Å²) in [7, 11) is 0. The fourth-order valence-electron chi connectivity index (χ4n) is 2.24. The van der Waals surface area contributed by atoms with Crippen LogP contribution in [0.2, 0.25) is 0 Å². The summed E-state index contributed by atoms with van der Waals surface area (Å²) in [5.41, 5.74) is 2.70. The van der Waals surface area contributed by atoms with Gasteiger partial charge in [-0.2, -0.15) is 0 Å². The van der Waals surface area contributed by atoms with E-state index in [9.17, 15) is 0 Å². The number of hydrogen-bond donors (Lipinski definition) is 1. The lowest BCUT2D eigenvalue weighted by molar-refractivity contribution is 0.384. The molecule has 124 valence electrons. The molecule has 0 aliphatic carbocycles. The second-order valence-electron chi connectivity index (χ2n) is 4.97. The van der Waals surface area contributed by atoms with E-state index < -0.39 is 0 Å². The lowest BCUT2D eigenvalue weighted by Gasteiger charge is -2.07. The topological polar surface area (TPSA) is 63.8 Å². The highest BCUT2D eigenvalue weighted by Gasteiger charge is 2.16. The minimum absolute atomic E-state index is 0.553. The molecule has 3 aromatic rings. The van der Waals surface area contributed by atoms with Crippen LogP contribution >= 0.6 is 23.5 Å². The van der Waals surface area contributed by atoms with Crippen LogP contribution in [0.15, 0.2) is 51.0 Å². The van der Waals surface area contributed by atoms with Crippen molar-refractivity contribution in [2.75, 3.05) is 17.3 Å². The van der Waals surface area contributed by atoms with E-state index in [1.54, 1.807) is 29.7 Å². The van der Waals surface area contributed by atoms with Crippen molar-refractivity contribution in [1.82, 2.24) is 15.1 Å². The molecule has 3 rings (SSSR count). The number of rotatable bonds is 6. The Morgan fingerprint density at radius 1 is 1.17 bits per heavy atom. The first-order chi connectivity index (χ1) is 11.7. The van der Waals surface area contributed by atoms with Gasteiger partial charge in [0, 0.05) is 16.8 Å². The number of aryl methyl sites for hydroxylation is 1. The molecule has 0 saturated heterocycles. The van der Waals surface area contributed by atoms with Gasteiger partial charge in [0.1, 0.15) is 10.8 Å². The van der Waals surface area contributed by atoms with Gasteiger partial charge in [0.15, 0.2) is 0 Å². The summed E-state index contributed by atoms with van der Waals surface area (Å²) >= 11 is 3.36. The molecule has 0 atom stereocenters. The predicted octanol–water partition coefficient (Wildman–Crippen LogP) is 5.02. The standard InChI is InChI=1S/C17H18N4OS2/c1-4-24-16-15(11(2)22-21-16)14-9-10-18-17(20-14)19-12-5-7-13(23-3)8-6-12/h5-10H,4H2,1-3H3,(H,18,19,20). The van der Waals surface area contributed by atoms with Gasteiger partial charge in [0.25, 0.3) is 0 Å². The fraction of sp³-hybridized carbons (Fsp3) is 0.235. The minimum atomic E-state index is 0.553. The van der Waals surface area contributed by atoms with Crippen LogP contribution in [0.3, 0.4) is 0 Å². The maximum atomic E-state index is 5.33. The van der Waals surface area contributed by atoms with Crippen LogP contribution in [0.4, 0.5) is 11.6 Å². The first kappa shape index (κ1) is 16.9. The van der Waals surface area contributed by atoms with E-state index in [-0.39, 0.29) is 0 Å². The molecule has 0 aliphatic heterocycles. The zero-order chi connectivity index (χ0) is 16.9. The van der Waals surface area contributed by atoms with Gasteiger partial charge in [-0.15, -0.1) is 23.5 Å². The van der Waals surface area contributed by atoms with Crippen LogP contribution in [-0.2, 0) is 0 Å². The van der Waals surface area contributed by atoms with Crippen molar-refractivity contribution >= 4 is 35.2 Å². The van der Waals surface area contributed by atoms with Crippen LogP contribution in [0.25, 0.3) is 11.3 Å². The quantitative estimate of drug-likeness (QED) is 0.621. The molecule has 24 heavy (non-hydrogen) atoms. The second-order valence-corrected chi connectivity index (χ2v) is 7.10.